The zero-order valence-corrected chi connectivity index (χ0v) is 14.2. The molecule has 0 amide bonds. The second-order valence-electron chi connectivity index (χ2n) is 6.57. The maximum atomic E-state index is 12.1. The summed E-state index contributed by atoms with van der Waals surface area (Å²) in [4.78, 5) is 19.5. The van der Waals surface area contributed by atoms with E-state index in [4.69, 9.17) is 17.9 Å². The van der Waals surface area contributed by atoms with Crippen LogP contribution in [0.25, 0.3) is 9.69 Å². The van der Waals surface area contributed by atoms with Crippen molar-refractivity contribution < 1.29 is 9.53 Å². The molecule has 1 aromatic carbocycles. The van der Waals surface area contributed by atoms with Gasteiger partial charge < -0.3 is 4.74 Å². The minimum atomic E-state index is -1.17. The number of carbonyl (C=O) groups is 1. The topological polar surface area (TPSA) is 35.0 Å². The summed E-state index contributed by atoms with van der Waals surface area (Å²) < 4.78 is 4.94. The van der Waals surface area contributed by atoms with E-state index in [1.165, 1.54) is 7.11 Å². The van der Waals surface area contributed by atoms with E-state index in [9.17, 15) is 4.79 Å². The van der Waals surface area contributed by atoms with Gasteiger partial charge in [-0.05, 0) is 18.4 Å². The molecule has 25 heavy (non-hydrogen) atoms. The summed E-state index contributed by atoms with van der Waals surface area (Å²) >= 11 is 0. The van der Waals surface area contributed by atoms with Crippen LogP contribution in [0.3, 0.4) is 0 Å². The highest BCUT2D eigenvalue weighted by molar-refractivity contribution is 5.73. The molecule has 0 aromatic heterocycles. The number of methoxy groups -OCH3 is 1. The number of hydrogen-bond acceptors (Lipinski definition) is 2. The lowest BCUT2D eigenvalue weighted by Gasteiger charge is -2.32. The lowest BCUT2D eigenvalue weighted by molar-refractivity contribution is -0.146. The largest absolute Gasteiger partial charge is 0.509 e. The molecule has 1 aromatic rings. The molecule has 0 heterocycles. The zero-order chi connectivity index (χ0) is 17.9. The third kappa shape index (κ3) is 2.96. The van der Waals surface area contributed by atoms with Gasteiger partial charge in [0.15, 0.2) is 0 Å². The van der Waals surface area contributed by atoms with Crippen LogP contribution in [0.2, 0.25) is 0 Å². The summed E-state index contributed by atoms with van der Waals surface area (Å²) in [6.07, 6.45) is 7.55. The zero-order valence-electron chi connectivity index (χ0n) is 14.2. The number of nitrogens with zero attached hydrogens (tertiary/aromatic N) is 2. The molecule has 3 rings (SSSR count). The molecule has 4 heteroatoms. The van der Waals surface area contributed by atoms with Gasteiger partial charge in [-0.15, -0.1) is 0 Å². The molecule has 3 atom stereocenters. The van der Waals surface area contributed by atoms with Gasteiger partial charge in [0.25, 0.3) is 0 Å². The molecule has 4 nitrogen and oxygen atoms in total. The van der Waals surface area contributed by atoms with Crippen molar-refractivity contribution in [1.82, 2.24) is 0 Å². The average Bonchev–Trinajstić information content (AvgIpc) is 2.84. The van der Waals surface area contributed by atoms with Gasteiger partial charge in [-0.1, -0.05) is 48.6 Å². The SMILES string of the molecule is [C-]#[N+]C1([N+]#[C-])CC=C[C@@H](c2ccccc2)[C@@H]2C[C@H](C(=O)OC)CC=C21. The van der Waals surface area contributed by atoms with Crippen LogP contribution in [0, 0.1) is 25.0 Å². The fourth-order valence-corrected chi connectivity index (χ4v) is 4.00. The monoisotopic (exact) mass is 332 g/mol. The Morgan fingerprint density at radius 1 is 1.24 bits per heavy atom. The van der Waals surface area contributed by atoms with Gasteiger partial charge in [-0.2, -0.15) is 0 Å². The first-order valence-corrected chi connectivity index (χ1v) is 8.42. The van der Waals surface area contributed by atoms with Crippen molar-refractivity contribution in [3.63, 3.8) is 0 Å². The molecule has 0 fully saturated rings. The Morgan fingerprint density at radius 3 is 2.60 bits per heavy atom. The molecule has 0 saturated heterocycles. The lowest BCUT2D eigenvalue weighted by atomic mass is 9.69. The molecule has 0 N–H and O–H groups in total. The Bertz CT molecular complexity index is 781. The van der Waals surface area contributed by atoms with E-state index in [2.05, 4.69) is 27.9 Å². The van der Waals surface area contributed by atoms with Crippen LogP contribution in [0.1, 0.15) is 30.7 Å². The highest BCUT2D eigenvalue weighted by Gasteiger charge is 2.54. The first-order valence-electron chi connectivity index (χ1n) is 8.42. The van der Waals surface area contributed by atoms with Gasteiger partial charge in [-0.3, -0.25) is 4.79 Å². The van der Waals surface area contributed by atoms with Crippen LogP contribution in [0.15, 0.2) is 54.1 Å². The van der Waals surface area contributed by atoms with E-state index in [1.807, 2.05) is 30.4 Å². The number of rotatable bonds is 2. The first-order chi connectivity index (χ1) is 12.1. The van der Waals surface area contributed by atoms with Crippen molar-refractivity contribution in [2.45, 2.75) is 30.8 Å². The molecule has 0 radical (unpaired) electrons. The van der Waals surface area contributed by atoms with E-state index in [0.29, 0.717) is 19.3 Å². The Morgan fingerprint density at radius 2 is 1.96 bits per heavy atom. The van der Waals surface area contributed by atoms with Gasteiger partial charge >= 0.3 is 11.6 Å². The molecule has 0 saturated carbocycles. The van der Waals surface area contributed by atoms with Crippen molar-refractivity contribution in [3.05, 3.63) is 82.5 Å². The highest BCUT2D eigenvalue weighted by Crippen LogP contribution is 2.49. The van der Waals surface area contributed by atoms with Gasteiger partial charge in [0.05, 0.1) is 13.0 Å². The average molecular weight is 332 g/mol. The number of esters is 1. The van der Waals surface area contributed by atoms with Gasteiger partial charge in [0.2, 0.25) is 0 Å². The number of carbonyl (C=O) groups excluding carboxylic acids is 1. The summed E-state index contributed by atoms with van der Waals surface area (Å²) in [5.74, 6) is -0.412. The molecular weight excluding hydrogens is 312 g/mol. The third-order valence-corrected chi connectivity index (χ3v) is 5.29. The van der Waals surface area contributed by atoms with Crippen LogP contribution < -0.4 is 0 Å². The number of ether oxygens (including phenoxy) is 1. The standard InChI is InChI=1S/C21H20N2O2/c1-22-21(23-2)13-7-10-17(15-8-5-4-6-9-15)18-14-16(20(24)25-3)11-12-19(18)21/h4-10,12,16-18H,11,13-14H2,3H3/t16-,17+,18+/m1/s1. The van der Waals surface area contributed by atoms with Crippen LogP contribution in [-0.4, -0.2) is 18.7 Å². The highest BCUT2D eigenvalue weighted by atomic mass is 16.5. The Labute approximate surface area is 148 Å². The second-order valence-corrected chi connectivity index (χ2v) is 6.57. The van der Waals surface area contributed by atoms with E-state index < -0.39 is 5.66 Å². The van der Waals surface area contributed by atoms with Crippen LogP contribution in [0.4, 0.5) is 0 Å². The maximum absolute atomic E-state index is 12.1. The third-order valence-electron chi connectivity index (χ3n) is 5.29. The lowest BCUT2D eigenvalue weighted by Crippen LogP contribution is -2.34. The molecule has 126 valence electrons. The molecule has 0 spiro atoms. The Balaban J connectivity index is 2.09. The molecule has 2 aliphatic carbocycles. The van der Waals surface area contributed by atoms with Gasteiger partial charge in [0, 0.05) is 11.8 Å². The molecular formula is C21H20N2O2. The normalized spacial score (nSPS) is 27.0. The second kappa shape index (κ2) is 6.95. The first kappa shape index (κ1) is 17.0. The Kier molecular flexibility index (Phi) is 4.72. The van der Waals surface area contributed by atoms with Crippen molar-refractivity contribution in [2.24, 2.45) is 11.8 Å². The van der Waals surface area contributed by atoms with E-state index >= 15 is 0 Å². The number of hydrogen-bond donors (Lipinski definition) is 0. The minimum absolute atomic E-state index is 0.0396. The van der Waals surface area contributed by atoms with Crippen molar-refractivity contribution in [3.8, 4) is 0 Å². The van der Waals surface area contributed by atoms with E-state index in [1.54, 1.807) is 0 Å². The van der Waals surface area contributed by atoms with Crippen LogP contribution in [-0.2, 0) is 9.53 Å². The molecule has 0 unspecified atom stereocenters. The summed E-state index contributed by atoms with van der Waals surface area (Å²) in [6.45, 7) is 15.3. The molecule has 2 aliphatic rings. The van der Waals surface area contributed by atoms with Crippen LogP contribution in [0.5, 0.6) is 0 Å². The summed E-state index contributed by atoms with van der Waals surface area (Å²) in [6, 6.07) is 10.1. The number of benzene rings is 1. The van der Waals surface area contributed by atoms with Crippen molar-refractivity contribution in [2.75, 3.05) is 7.11 Å². The predicted molar refractivity (Wildman–Crippen MR) is 95.2 cm³/mol. The maximum Gasteiger partial charge on any atom is 0.509 e. The van der Waals surface area contributed by atoms with Crippen molar-refractivity contribution in [1.29, 1.82) is 0 Å². The fourth-order valence-electron chi connectivity index (χ4n) is 4.00. The Hall–Kier alpha value is -2.85. The minimum Gasteiger partial charge on any atom is -0.469 e. The number of fused-ring (bicyclic) bond motifs is 1. The van der Waals surface area contributed by atoms with Crippen molar-refractivity contribution >= 4 is 5.97 Å². The van der Waals surface area contributed by atoms with Gasteiger partial charge in [0.1, 0.15) is 12.0 Å². The van der Waals surface area contributed by atoms with Gasteiger partial charge in [-0.25, -0.2) is 22.8 Å². The van der Waals surface area contributed by atoms with Crippen LogP contribution >= 0.6 is 0 Å². The summed E-state index contributed by atoms with van der Waals surface area (Å²) in [5, 5.41) is 0. The van der Waals surface area contributed by atoms with E-state index in [0.717, 1.165) is 11.1 Å². The predicted octanol–water partition coefficient (Wildman–Crippen LogP) is 4.39. The van der Waals surface area contributed by atoms with E-state index in [-0.39, 0.29) is 23.7 Å². The summed E-state index contributed by atoms with van der Waals surface area (Å²) in [5.41, 5.74) is 0.841. The fraction of sp³-hybridized carbons (Fsp3) is 0.381. The quantitative estimate of drug-likeness (QED) is 0.457. The summed E-state index contributed by atoms with van der Waals surface area (Å²) in [7, 11) is 1.41. The number of allylic oxidation sites excluding steroid dienone is 2. The smallest absolute Gasteiger partial charge is 0.469 e. The molecule has 0 bridgehead atoms. The molecule has 0 aliphatic heterocycles.